The van der Waals surface area contributed by atoms with Gasteiger partial charge in [0.1, 0.15) is 11.5 Å². The highest BCUT2D eigenvalue weighted by Gasteiger charge is 2.03. The van der Waals surface area contributed by atoms with Crippen LogP contribution in [0.3, 0.4) is 0 Å². The SMILES string of the molecule is C=C(C)C(=O)OCCCCCCOc1ccc2cc(C#Cc3ccc4cc(OCCCCCC)ccc4c3)ccc2c1. The maximum absolute atomic E-state index is 11.4. The number of fused-ring (bicyclic) bond motifs is 2. The van der Waals surface area contributed by atoms with Crippen molar-refractivity contribution < 1.29 is 19.0 Å². The lowest BCUT2D eigenvalue weighted by Gasteiger charge is -2.08. The molecule has 0 saturated carbocycles. The molecule has 0 radical (unpaired) electrons. The number of esters is 1. The second-order valence-electron chi connectivity index (χ2n) is 10.8. The largest absolute Gasteiger partial charge is 0.494 e. The fourth-order valence-corrected chi connectivity index (χ4v) is 4.68. The van der Waals surface area contributed by atoms with Crippen LogP contribution in [0, 0.1) is 11.8 Å². The summed E-state index contributed by atoms with van der Waals surface area (Å²) in [7, 11) is 0. The van der Waals surface area contributed by atoms with E-state index in [2.05, 4.69) is 86.0 Å². The molecule has 0 N–H and O–H groups in total. The normalized spacial score (nSPS) is 10.7. The van der Waals surface area contributed by atoms with Crippen LogP contribution in [0.4, 0.5) is 0 Å². The molecule has 0 bridgehead atoms. The van der Waals surface area contributed by atoms with E-state index in [9.17, 15) is 4.79 Å². The van der Waals surface area contributed by atoms with E-state index in [-0.39, 0.29) is 5.97 Å². The number of benzene rings is 4. The molecule has 0 fully saturated rings. The zero-order chi connectivity index (χ0) is 29.6. The minimum Gasteiger partial charge on any atom is -0.494 e. The average Bonchev–Trinajstić information content (AvgIpc) is 3.00. The first kappa shape index (κ1) is 30.7. The molecule has 0 spiro atoms. The van der Waals surface area contributed by atoms with Crippen molar-refractivity contribution in [2.45, 2.75) is 65.2 Å². The Labute approximate surface area is 250 Å². The van der Waals surface area contributed by atoms with E-state index in [1.165, 1.54) is 19.3 Å². The molecule has 0 amide bonds. The van der Waals surface area contributed by atoms with Gasteiger partial charge in [-0.15, -0.1) is 0 Å². The summed E-state index contributed by atoms with van der Waals surface area (Å²) in [5.74, 6) is 8.14. The molecule has 0 aliphatic carbocycles. The van der Waals surface area contributed by atoms with Crippen LogP contribution in [0.2, 0.25) is 0 Å². The van der Waals surface area contributed by atoms with Gasteiger partial charge >= 0.3 is 5.97 Å². The zero-order valence-corrected chi connectivity index (χ0v) is 25.0. The van der Waals surface area contributed by atoms with Gasteiger partial charge in [-0.1, -0.05) is 68.9 Å². The van der Waals surface area contributed by atoms with Crippen molar-refractivity contribution in [3.05, 3.63) is 96.1 Å². The summed E-state index contributed by atoms with van der Waals surface area (Å²) >= 11 is 0. The van der Waals surface area contributed by atoms with Crippen LogP contribution in [0.25, 0.3) is 21.5 Å². The molecule has 0 aliphatic heterocycles. The molecule has 4 rings (SSSR count). The van der Waals surface area contributed by atoms with Gasteiger partial charge in [-0.3, -0.25) is 0 Å². The highest BCUT2D eigenvalue weighted by Crippen LogP contribution is 2.24. The zero-order valence-electron chi connectivity index (χ0n) is 25.0. The molecule has 0 atom stereocenters. The third kappa shape index (κ3) is 9.70. The number of carbonyl (C=O) groups excluding carboxylic acids is 1. The lowest BCUT2D eigenvalue weighted by Crippen LogP contribution is -2.06. The quantitative estimate of drug-likeness (QED) is 0.0626. The molecule has 0 heterocycles. The van der Waals surface area contributed by atoms with Gasteiger partial charge < -0.3 is 14.2 Å². The summed E-state index contributed by atoms with van der Waals surface area (Å²) in [6.07, 6.45) is 8.68. The predicted molar refractivity (Wildman–Crippen MR) is 173 cm³/mol. The maximum Gasteiger partial charge on any atom is 0.333 e. The molecule has 4 nitrogen and oxygen atoms in total. The Morgan fingerprint density at radius 1 is 0.619 bits per heavy atom. The predicted octanol–water partition coefficient (Wildman–Crippen LogP) is 9.41. The number of unbranched alkanes of at least 4 members (excludes halogenated alkanes) is 6. The van der Waals surface area contributed by atoms with E-state index in [1.807, 2.05) is 12.1 Å². The molecule has 0 aromatic heterocycles. The summed E-state index contributed by atoms with van der Waals surface area (Å²) in [6, 6.07) is 25.1. The minimum atomic E-state index is -0.313. The van der Waals surface area contributed by atoms with Crippen molar-refractivity contribution in [2.75, 3.05) is 19.8 Å². The lowest BCUT2D eigenvalue weighted by atomic mass is 10.0. The van der Waals surface area contributed by atoms with Gasteiger partial charge in [0.15, 0.2) is 0 Å². The van der Waals surface area contributed by atoms with Crippen LogP contribution < -0.4 is 9.47 Å². The van der Waals surface area contributed by atoms with Crippen molar-refractivity contribution >= 4 is 27.5 Å². The minimum absolute atomic E-state index is 0.313. The summed E-state index contributed by atoms with van der Waals surface area (Å²) in [6.45, 7) is 9.35. The van der Waals surface area contributed by atoms with Crippen LogP contribution in [-0.2, 0) is 9.53 Å². The Balaban J connectivity index is 1.25. The van der Waals surface area contributed by atoms with Crippen molar-refractivity contribution in [3.63, 3.8) is 0 Å². The first-order valence-corrected chi connectivity index (χ1v) is 15.2. The fourth-order valence-electron chi connectivity index (χ4n) is 4.68. The van der Waals surface area contributed by atoms with Crippen molar-refractivity contribution in [3.8, 4) is 23.3 Å². The van der Waals surface area contributed by atoms with Crippen molar-refractivity contribution in [1.82, 2.24) is 0 Å². The van der Waals surface area contributed by atoms with Crippen LogP contribution in [0.5, 0.6) is 11.5 Å². The molecule has 4 aromatic carbocycles. The molecule has 0 saturated heterocycles. The maximum atomic E-state index is 11.4. The standard InChI is InChI=1S/C38H42O4/c1-4-5-6-9-22-40-36-20-18-32-25-30(14-16-34(32)27-36)12-13-31-15-17-35-28-37(21-19-33(35)26-31)41-23-10-7-8-11-24-42-38(39)29(2)3/h14-21,25-28H,2,4-11,22-24H2,1,3H3. The van der Waals surface area contributed by atoms with Gasteiger partial charge in [-0.05, 0) is 109 Å². The van der Waals surface area contributed by atoms with Gasteiger partial charge in [0.25, 0.3) is 0 Å². The third-order valence-corrected chi connectivity index (χ3v) is 7.13. The van der Waals surface area contributed by atoms with Crippen molar-refractivity contribution in [1.29, 1.82) is 0 Å². The molecular formula is C38H42O4. The van der Waals surface area contributed by atoms with Crippen LogP contribution in [-0.4, -0.2) is 25.8 Å². The second kappa shape index (κ2) is 16.3. The van der Waals surface area contributed by atoms with E-state index >= 15 is 0 Å². The van der Waals surface area contributed by atoms with E-state index in [1.54, 1.807) is 6.92 Å². The molecule has 4 aromatic rings. The Kier molecular flexibility index (Phi) is 11.9. The van der Waals surface area contributed by atoms with E-state index in [0.29, 0.717) is 18.8 Å². The molecule has 0 aliphatic rings. The third-order valence-electron chi connectivity index (χ3n) is 7.13. The first-order valence-electron chi connectivity index (χ1n) is 15.2. The smallest absolute Gasteiger partial charge is 0.333 e. The summed E-state index contributed by atoms with van der Waals surface area (Å²) in [5, 5.41) is 4.60. The van der Waals surface area contributed by atoms with E-state index in [4.69, 9.17) is 14.2 Å². The Morgan fingerprint density at radius 3 is 1.57 bits per heavy atom. The Hall–Kier alpha value is -4.23. The molecule has 4 heteroatoms. The van der Waals surface area contributed by atoms with Crippen LogP contribution in [0.1, 0.15) is 76.3 Å². The summed E-state index contributed by atoms with van der Waals surface area (Å²) in [4.78, 5) is 11.4. The summed E-state index contributed by atoms with van der Waals surface area (Å²) < 4.78 is 17.0. The summed E-state index contributed by atoms with van der Waals surface area (Å²) in [5.41, 5.74) is 2.42. The number of hydrogen-bond donors (Lipinski definition) is 0. The highest BCUT2D eigenvalue weighted by molar-refractivity contribution is 5.87. The number of rotatable bonds is 15. The Bertz CT molecular complexity index is 1560. The van der Waals surface area contributed by atoms with Crippen LogP contribution in [0.15, 0.2) is 84.9 Å². The average molecular weight is 563 g/mol. The van der Waals surface area contributed by atoms with Gasteiger partial charge in [0.2, 0.25) is 0 Å². The fraction of sp³-hybridized carbons (Fsp3) is 0.342. The monoisotopic (exact) mass is 562 g/mol. The van der Waals surface area contributed by atoms with E-state index < -0.39 is 0 Å². The lowest BCUT2D eigenvalue weighted by molar-refractivity contribution is -0.139. The van der Waals surface area contributed by atoms with Gasteiger partial charge in [0, 0.05) is 16.7 Å². The number of hydrogen-bond acceptors (Lipinski definition) is 4. The number of carbonyl (C=O) groups is 1. The molecular weight excluding hydrogens is 520 g/mol. The van der Waals surface area contributed by atoms with E-state index in [0.717, 1.165) is 82.9 Å². The first-order chi connectivity index (χ1) is 20.5. The van der Waals surface area contributed by atoms with Crippen LogP contribution >= 0.6 is 0 Å². The topological polar surface area (TPSA) is 44.8 Å². The van der Waals surface area contributed by atoms with Gasteiger partial charge in [-0.25, -0.2) is 4.79 Å². The molecule has 42 heavy (non-hydrogen) atoms. The highest BCUT2D eigenvalue weighted by atomic mass is 16.5. The Morgan fingerprint density at radius 2 is 1.07 bits per heavy atom. The second-order valence-corrected chi connectivity index (χ2v) is 10.8. The number of ether oxygens (including phenoxy) is 3. The molecule has 0 unspecified atom stereocenters. The van der Waals surface area contributed by atoms with Gasteiger partial charge in [-0.2, -0.15) is 0 Å². The van der Waals surface area contributed by atoms with Crippen molar-refractivity contribution in [2.24, 2.45) is 0 Å². The van der Waals surface area contributed by atoms with Gasteiger partial charge in [0.05, 0.1) is 19.8 Å². The molecule has 218 valence electrons.